The van der Waals surface area contributed by atoms with Gasteiger partial charge in [0.15, 0.2) is 0 Å². The highest BCUT2D eigenvalue weighted by Gasteiger charge is 2.41. The average Bonchev–Trinajstić information content (AvgIpc) is 2.63. The summed E-state index contributed by atoms with van der Waals surface area (Å²) >= 11 is 0. The number of likely N-dealkylation sites (tertiary alicyclic amines) is 2. The van der Waals surface area contributed by atoms with Gasteiger partial charge in [-0.1, -0.05) is 19.1 Å². The number of methoxy groups -OCH3 is 1. The fourth-order valence-corrected chi connectivity index (χ4v) is 4.18. The number of rotatable bonds is 3. The van der Waals surface area contributed by atoms with Gasteiger partial charge < -0.3 is 14.5 Å². The van der Waals surface area contributed by atoms with Crippen LogP contribution in [0.15, 0.2) is 24.3 Å². The minimum Gasteiger partial charge on any atom is -0.497 e. The van der Waals surface area contributed by atoms with Crippen LogP contribution in [0, 0.1) is 11.8 Å². The van der Waals surface area contributed by atoms with E-state index in [1.54, 1.807) is 12.0 Å². The van der Waals surface area contributed by atoms with E-state index in [0.29, 0.717) is 18.8 Å². The lowest BCUT2D eigenvalue weighted by molar-refractivity contribution is -0.147. The smallest absolute Gasteiger partial charge is 0.228 e. The maximum absolute atomic E-state index is 13.2. The lowest BCUT2D eigenvalue weighted by atomic mass is 9.83. The molecule has 3 rings (SSSR count). The molecule has 2 heterocycles. The molecule has 5 nitrogen and oxygen atoms in total. The van der Waals surface area contributed by atoms with E-state index in [0.717, 1.165) is 30.8 Å². The van der Waals surface area contributed by atoms with Crippen LogP contribution in [0.3, 0.4) is 0 Å². The summed E-state index contributed by atoms with van der Waals surface area (Å²) in [6.45, 7) is 3.88. The Balaban J connectivity index is 1.86. The summed E-state index contributed by atoms with van der Waals surface area (Å²) in [5.74, 6) is 1.48. The van der Waals surface area contributed by atoms with Crippen molar-refractivity contribution in [1.29, 1.82) is 0 Å². The van der Waals surface area contributed by atoms with Crippen LogP contribution < -0.4 is 4.74 Å². The third-order valence-corrected chi connectivity index (χ3v) is 5.60. The molecule has 3 atom stereocenters. The minimum atomic E-state index is -0.197. The number of carbonyl (C=O) groups excluding carboxylic acids is 2. The maximum Gasteiger partial charge on any atom is 0.228 e. The van der Waals surface area contributed by atoms with Gasteiger partial charge in [0.25, 0.3) is 0 Å². The third kappa shape index (κ3) is 3.65. The van der Waals surface area contributed by atoms with Crippen LogP contribution in [0.1, 0.15) is 44.2 Å². The Morgan fingerprint density at radius 2 is 1.92 bits per heavy atom. The number of amides is 2. The minimum absolute atomic E-state index is 0.108. The van der Waals surface area contributed by atoms with Crippen molar-refractivity contribution in [3.05, 3.63) is 29.8 Å². The van der Waals surface area contributed by atoms with Gasteiger partial charge in [-0.25, -0.2) is 0 Å². The van der Waals surface area contributed by atoms with Crippen molar-refractivity contribution in [2.24, 2.45) is 11.8 Å². The number of hydrogen-bond acceptors (Lipinski definition) is 3. The van der Waals surface area contributed by atoms with Crippen molar-refractivity contribution in [2.75, 3.05) is 27.2 Å². The van der Waals surface area contributed by atoms with E-state index >= 15 is 0 Å². The number of carbonyl (C=O) groups is 2. The van der Waals surface area contributed by atoms with Crippen LogP contribution >= 0.6 is 0 Å². The van der Waals surface area contributed by atoms with Gasteiger partial charge in [0.1, 0.15) is 5.75 Å². The predicted molar refractivity (Wildman–Crippen MR) is 96.2 cm³/mol. The first-order valence-electron chi connectivity index (χ1n) is 9.19. The van der Waals surface area contributed by atoms with Gasteiger partial charge in [-0.05, 0) is 42.9 Å². The molecule has 0 spiro atoms. The SMILES string of the molecule is COc1ccc([C@@H]2[C@H](C(=O)N3CCC[C@@H](C)C3)CCC(=O)N2C)cc1. The summed E-state index contributed by atoms with van der Waals surface area (Å²) in [5.41, 5.74) is 1.000. The predicted octanol–water partition coefficient (Wildman–Crippen LogP) is 2.86. The van der Waals surface area contributed by atoms with E-state index in [-0.39, 0.29) is 23.8 Å². The fraction of sp³-hybridized carbons (Fsp3) is 0.600. The molecule has 0 bridgehead atoms. The van der Waals surface area contributed by atoms with Crippen LogP contribution in [0.4, 0.5) is 0 Å². The van der Waals surface area contributed by atoms with Crippen LogP contribution in [0.25, 0.3) is 0 Å². The first-order valence-corrected chi connectivity index (χ1v) is 9.19. The zero-order chi connectivity index (χ0) is 18.0. The van der Waals surface area contributed by atoms with Crippen molar-refractivity contribution in [3.8, 4) is 5.75 Å². The first kappa shape index (κ1) is 17.8. The molecule has 0 saturated carbocycles. The van der Waals surface area contributed by atoms with E-state index in [2.05, 4.69) is 6.92 Å². The highest BCUT2D eigenvalue weighted by atomic mass is 16.5. The molecule has 0 radical (unpaired) electrons. The largest absolute Gasteiger partial charge is 0.497 e. The molecule has 2 fully saturated rings. The summed E-state index contributed by atoms with van der Waals surface area (Å²) < 4.78 is 5.23. The number of benzene rings is 1. The van der Waals surface area contributed by atoms with Crippen molar-refractivity contribution >= 4 is 11.8 Å². The normalized spacial score (nSPS) is 27.3. The van der Waals surface area contributed by atoms with Crippen molar-refractivity contribution in [2.45, 2.75) is 38.6 Å². The van der Waals surface area contributed by atoms with E-state index in [1.807, 2.05) is 36.2 Å². The second-order valence-corrected chi connectivity index (χ2v) is 7.40. The molecule has 25 heavy (non-hydrogen) atoms. The van der Waals surface area contributed by atoms with Gasteiger partial charge in [0.2, 0.25) is 11.8 Å². The van der Waals surface area contributed by atoms with Crippen molar-refractivity contribution in [3.63, 3.8) is 0 Å². The Morgan fingerprint density at radius 3 is 2.56 bits per heavy atom. The Morgan fingerprint density at radius 1 is 1.20 bits per heavy atom. The number of piperidine rings is 2. The number of hydrogen-bond donors (Lipinski definition) is 0. The quantitative estimate of drug-likeness (QED) is 0.847. The topological polar surface area (TPSA) is 49.9 Å². The monoisotopic (exact) mass is 344 g/mol. The van der Waals surface area contributed by atoms with Crippen molar-refractivity contribution in [1.82, 2.24) is 9.80 Å². The molecule has 136 valence electrons. The zero-order valence-corrected chi connectivity index (χ0v) is 15.4. The average molecular weight is 344 g/mol. The number of nitrogens with zero attached hydrogens (tertiary/aromatic N) is 2. The van der Waals surface area contributed by atoms with Crippen LogP contribution in [0.5, 0.6) is 5.75 Å². The molecule has 0 aliphatic carbocycles. The highest BCUT2D eigenvalue weighted by molar-refractivity contribution is 5.85. The summed E-state index contributed by atoms with van der Waals surface area (Å²) in [5, 5.41) is 0. The van der Waals surface area contributed by atoms with Gasteiger partial charge in [-0.2, -0.15) is 0 Å². The number of ether oxygens (including phenoxy) is 1. The Bertz CT molecular complexity index is 628. The van der Waals surface area contributed by atoms with Gasteiger partial charge >= 0.3 is 0 Å². The molecule has 2 aliphatic heterocycles. The lowest BCUT2D eigenvalue weighted by Gasteiger charge is -2.42. The standard InChI is InChI=1S/C20H28N2O3/c1-14-5-4-12-22(13-14)20(24)17-10-11-18(23)21(2)19(17)15-6-8-16(25-3)9-7-15/h6-9,14,17,19H,4-5,10-13H2,1-3H3/t14-,17-,19-/m1/s1. The zero-order valence-electron chi connectivity index (χ0n) is 15.4. The molecule has 0 N–H and O–H groups in total. The second kappa shape index (κ2) is 7.46. The van der Waals surface area contributed by atoms with E-state index in [1.165, 1.54) is 6.42 Å². The molecular formula is C20H28N2O3. The molecule has 1 aromatic rings. The van der Waals surface area contributed by atoms with Crippen LogP contribution in [-0.2, 0) is 9.59 Å². The molecule has 2 saturated heterocycles. The van der Waals surface area contributed by atoms with Crippen LogP contribution in [-0.4, -0.2) is 48.9 Å². The van der Waals surface area contributed by atoms with E-state index in [9.17, 15) is 9.59 Å². The van der Waals surface area contributed by atoms with E-state index < -0.39 is 0 Å². The summed E-state index contributed by atoms with van der Waals surface area (Å²) in [7, 11) is 3.45. The fourth-order valence-electron chi connectivity index (χ4n) is 4.18. The van der Waals surface area contributed by atoms with Crippen molar-refractivity contribution < 1.29 is 14.3 Å². The molecule has 2 amide bonds. The Hall–Kier alpha value is -2.04. The highest BCUT2D eigenvalue weighted by Crippen LogP contribution is 2.38. The summed E-state index contributed by atoms with van der Waals surface area (Å²) in [6.07, 6.45) is 3.34. The first-order chi connectivity index (χ1) is 12.0. The third-order valence-electron chi connectivity index (χ3n) is 5.60. The molecule has 5 heteroatoms. The molecule has 1 aromatic carbocycles. The van der Waals surface area contributed by atoms with E-state index in [4.69, 9.17) is 4.74 Å². The summed E-state index contributed by atoms with van der Waals surface area (Å²) in [4.78, 5) is 29.3. The van der Waals surface area contributed by atoms with Gasteiger partial charge in [-0.3, -0.25) is 9.59 Å². The van der Waals surface area contributed by atoms with Gasteiger partial charge in [0, 0.05) is 26.6 Å². The molecule has 0 aromatic heterocycles. The van der Waals surface area contributed by atoms with Gasteiger partial charge in [0.05, 0.1) is 19.1 Å². The van der Waals surface area contributed by atoms with Gasteiger partial charge in [-0.15, -0.1) is 0 Å². The second-order valence-electron chi connectivity index (χ2n) is 7.40. The Labute approximate surface area is 149 Å². The summed E-state index contributed by atoms with van der Waals surface area (Å²) in [6, 6.07) is 7.53. The molecule has 0 unspecified atom stereocenters. The maximum atomic E-state index is 13.2. The lowest BCUT2D eigenvalue weighted by Crippen LogP contribution is -2.49. The van der Waals surface area contributed by atoms with Crippen LogP contribution in [0.2, 0.25) is 0 Å². The molecule has 2 aliphatic rings. The Kier molecular flexibility index (Phi) is 5.30. The molecular weight excluding hydrogens is 316 g/mol.